The van der Waals surface area contributed by atoms with Gasteiger partial charge in [-0.2, -0.15) is 14.6 Å². The average Bonchev–Trinajstić information content (AvgIpc) is 3.32. The highest BCUT2D eigenvalue weighted by atomic mass is 79.9. The molecule has 36 heavy (non-hydrogen) atoms. The summed E-state index contributed by atoms with van der Waals surface area (Å²) in [4.78, 5) is 45.4. The van der Waals surface area contributed by atoms with Gasteiger partial charge in [-0.15, -0.1) is 0 Å². The predicted octanol–water partition coefficient (Wildman–Crippen LogP) is 3.54. The first kappa shape index (κ1) is 22.4. The lowest BCUT2D eigenvalue weighted by atomic mass is 10.1. The first-order valence-electron chi connectivity index (χ1n) is 10.8. The number of halogens is 2. The van der Waals surface area contributed by atoms with Crippen molar-refractivity contribution in [3.8, 4) is 11.3 Å². The van der Waals surface area contributed by atoms with E-state index in [9.17, 15) is 18.8 Å². The Bertz CT molecular complexity index is 1870. The van der Waals surface area contributed by atoms with Crippen molar-refractivity contribution in [2.24, 2.45) is 0 Å². The molecule has 0 aliphatic carbocycles. The second-order valence-corrected chi connectivity index (χ2v) is 9.97. The molecule has 3 aromatic carbocycles. The van der Waals surface area contributed by atoms with E-state index in [0.717, 1.165) is 15.9 Å². The van der Waals surface area contributed by atoms with Gasteiger partial charge in [-0.3, -0.25) is 14.4 Å². The van der Waals surface area contributed by atoms with E-state index in [2.05, 4.69) is 26.0 Å². The fourth-order valence-electron chi connectivity index (χ4n) is 4.21. The molecule has 5 aromatic rings. The van der Waals surface area contributed by atoms with Gasteiger partial charge in [0.1, 0.15) is 10.3 Å². The first-order chi connectivity index (χ1) is 17.4. The maximum Gasteiger partial charge on any atom is 0.300 e. The fourth-order valence-corrected chi connectivity index (χ4v) is 5.57. The molecule has 0 radical (unpaired) electrons. The third kappa shape index (κ3) is 3.57. The molecular weight excluding hydrogens is 547 g/mol. The molecular formula is C26H14BrFN4O3S. The van der Waals surface area contributed by atoms with Crippen LogP contribution in [0.1, 0.15) is 11.1 Å². The number of carbonyl (C=O) groups excluding carboxylic acids is 1. The summed E-state index contributed by atoms with van der Waals surface area (Å²) in [6.45, 7) is -0.00473. The summed E-state index contributed by atoms with van der Waals surface area (Å²) in [6, 6.07) is 20.2. The molecule has 1 aliphatic rings. The Kier molecular flexibility index (Phi) is 5.35. The maximum atomic E-state index is 14.4. The molecule has 0 bridgehead atoms. The molecule has 0 spiro atoms. The van der Waals surface area contributed by atoms with Crippen molar-refractivity contribution in [3.63, 3.8) is 0 Å². The van der Waals surface area contributed by atoms with Crippen LogP contribution in [0.15, 0.2) is 86.9 Å². The van der Waals surface area contributed by atoms with E-state index in [1.807, 2.05) is 0 Å². The van der Waals surface area contributed by atoms with Gasteiger partial charge in [0.15, 0.2) is 5.69 Å². The molecule has 0 atom stereocenters. The van der Waals surface area contributed by atoms with Crippen LogP contribution >= 0.6 is 27.3 Å². The van der Waals surface area contributed by atoms with Crippen LogP contribution in [0.25, 0.3) is 21.8 Å². The minimum Gasteiger partial charge on any atom is -0.303 e. The van der Waals surface area contributed by atoms with Crippen molar-refractivity contribution < 1.29 is 9.18 Å². The van der Waals surface area contributed by atoms with Crippen LogP contribution in [0.4, 0.5) is 10.1 Å². The molecule has 0 N–H and O–H groups in total. The van der Waals surface area contributed by atoms with E-state index < -0.39 is 22.8 Å². The van der Waals surface area contributed by atoms with Gasteiger partial charge in [-0.1, -0.05) is 75.8 Å². The summed E-state index contributed by atoms with van der Waals surface area (Å²) in [5.74, 6) is -0.870. The number of thiazole rings is 1. The molecule has 0 fully saturated rings. The van der Waals surface area contributed by atoms with E-state index in [4.69, 9.17) is 0 Å². The van der Waals surface area contributed by atoms with E-state index in [0.29, 0.717) is 26.9 Å². The highest BCUT2D eigenvalue weighted by Gasteiger charge is 2.35. The van der Waals surface area contributed by atoms with Crippen molar-refractivity contribution in [1.29, 1.82) is 0 Å². The number of anilines is 1. The molecule has 2 aromatic heterocycles. The lowest BCUT2D eigenvalue weighted by Crippen LogP contribution is -2.33. The van der Waals surface area contributed by atoms with Crippen LogP contribution in [0.2, 0.25) is 0 Å². The number of fused-ring (bicyclic) bond motifs is 2. The second kappa shape index (κ2) is 8.58. The summed E-state index contributed by atoms with van der Waals surface area (Å²) in [5.41, 5.74) is 1.05. The Morgan fingerprint density at radius 1 is 0.944 bits per heavy atom. The van der Waals surface area contributed by atoms with Crippen molar-refractivity contribution in [2.75, 3.05) is 4.90 Å². The Labute approximate surface area is 214 Å². The highest BCUT2D eigenvalue weighted by molar-refractivity contribution is 9.10. The van der Waals surface area contributed by atoms with Crippen LogP contribution in [0, 0.1) is 5.82 Å². The van der Waals surface area contributed by atoms with Crippen molar-refractivity contribution in [1.82, 2.24) is 14.6 Å². The summed E-state index contributed by atoms with van der Waals surface area (Å²) in [7, 11) is 0. The Balaban J connectivity index is 1.59. The number of benzene rings is 3. The van der Waals surface area contributed by atoms with Gasteiger partial charge in [0, 0.05) is 21.2 Å². The van der Waals surface area contributed by atoms with Gasteiger partial charge in [-0.05, 0) is 24.3 Å². The van der Waals surface area contributed by atoms with Crippen LogP contribution in [0.3, 0.4) is 0 Å². The molecule has 7 nitrogen and oxygen atoms in total. The fraction of sp³-hybridized carbons (Fsp3) is 0.0385. The minimum absolute atomic E-state index is 0.00473. The molecule has 3 heterocycles. The molecule has 0 saturated carbocycles. The Morgan fingerprint density at radius 3 is 2.47 bits per heavy atom. The lowest BCUT2D eigenvalue weighted by Gasteiger charge is -2.17. The van der Waals surface area contributed by atoms with Crippen molar-refractivity contribution in [3.05, 3.63) is 119 Å². The number of carbonyl (C=O) groups is 1. The van der Waals surface area contributed by atoms with Crippen LogP contribution < -0.4 is 20.6 Å². The second-order valence-electron chi connectivity index (χ2n) is 8.08. The van der Waals surface area contributed by atoms with Gasteiger partial charge in [-0.25, -0.2) is 4.39 Å². The highest BCUT2D eigenvalue weighted by Crippen LogP contribution is 2.38. The zero-order valence-electron chi connectivity index (χ0n) is 18.3. The zero-order chi connectivity index (χ0) is 25.0. The molecule has 1 aliphatic heterocycles. The summed E-state index contributed by atoms with van der Waals surface area (Å²) < 4.78 is 16.3. The van der Waals surface area contributed by atoms with Crippen LogP contribution in [-0.4, -0.2) is 20.5 Å². The standard InChI is InChI=1S/C26H14BrFN4O3S/c27-16-10-11-19-17(12-16)20(24(34)31(19)13-15-8-4-5-9-18(15)28)22-25(35)32-26(36-22)29-23(33)21(30-32)14-6-2-1-3-7-14/h1-12H,13H2/b22-20-. The van der Waals surface area contributed by atoms with Gasteiger partial charge in [0.05, 0.1) is 17.8 Å². The van der Waals surface area contributed by atoms with Crippen LogP contribution in [0.5, 0.6) is 0 Å². The smallest absolute Gasteiger partial charge is 0.300 e. The SMILES string of the molecule is O=C1/C(=c2\sc3nc(=O)c(-c4ccccc4)nn3c2=O)c2cc(Br)ccc2N1Cc1ccccc1F. The van der Waals surface area contributed by atoms with E-state index in [1.165, 1.54) is 11.0 Å². The molecule has 6 rings (SSSR count). The summed E-state index contributed by atoms with van der Waals surface area (Å²) in [6.07, 6.45) is 0. The number of amides is 1. The normalized spacial score (nSPS) is 14.5. The molecule has 176 valence electrons. The third-order valence-corrected chi connectivity index (χ3v) is 7.42. The van der Waals surface area contributed by atoms with Gasteiger partial charge < -0.3 is 4.90 Å². The van der Waals surface area contributed by atoms with Gasteiger partial charge in [0.2, 0.25) is 4.96 Å². The van der Waals surface area contributed by atoms with Crippen LogP contribution in [-0.2, 0) is 11.3 Å². The third-order valence-electron chi connectivity index (χ3n) is 5.90. The van der Waals surface area contributed by atoms with E-state index >= 15 is 0 Å². The van der Waals surface area contributed by atoms with Crippen molar-refractivity contribution in [2.45, 2.75) is 6.54 Å². The number of rotatable bonds is 3. The quantitative estimate of drug-likeness (QED) is 0.337. The zero-order valence-corrected chi connectivity index (χ0v) is 20.7. The Hall–Kier alpha value is -4.02. The maximum absolute atomic E-state index is 14.4. The number of nitrogens with zero attached hydrogens (tertiary/aromatic N) is 4. The van der Waals surface area contributed by atoms with Gasteiger partial charge in [0.25, 0.3) is 11.5 Å². The van der Waals surface area contributed by atoms with Gasteiger partial charge >= 0.3 is 5.56 Å². The molecule has 10 heteroatoms. The first-order valence-corrected chi connectivity index (χ1v) is 12.4. The average molecular weight is 561 g/mol. The largest absolute Gasteiger partial charge is 0.303 e. The van der Waals surface area contributed by atoms with E-state index in [1.54, 1.807) is 66.7 Å². The number of hydrogen-bond donors (Lipinski definition) is 0. The van der Waals surface area contributed by atoms with Crippen molar-refractivity contribution >= 4 is 49.4 Å². The van der Waals surface area contributed by atoms with E-state index in [-0.39, 0.29) is 27.3 Å². The Morgan fingerprint density at radius 2 is 1.69 bits per heavy atom. The topological polar surface area (TPSA) is 84.6 Å². The molecule has 0 saturated heterocycles. The monoisotopic (exact) mass is 560 g/mol. The lowest BCUT2D eigenvalue weighted by molar-refractivity contribution is -0.113. The molecule has 0 unspecified atom stereocenters. The molecule has 1 amide bonds. The summed E-state index contributed by atoms with van der Waals surface area (Å²) >= 11 is 4.36. The summed E-state index contributed by atoms with van der Waals surface area (Å²) in [5, 5.41) is 4.28. The predicted molar refractivity (Wildman–Crippen MR) is 138 cm³/mol. The number of aromatic nitrogens is 3. The minimum atomic E-state index is -0.568. The number of hydrogen-bond acceptors (Lipinski definition) is 6.